The van der Waals surface area contributed by atoms with Crippen molar-refractivity contribution in [2.24, 2.45) is 0 Å². The molecule has 0 radical (unpaired) electrons. The van der Waals surface area contributed by atoms with E-state index < -0.39 is 0 Å². The van der Waals surface area contributed by atoms with Gasteiger partial charge in [-0.1, -0.05) is 0 Å². The highest BCUT2D eigenvalue weighted by atomic mass is 16.3. The maximum atomic E-state index is 11.9. The number of anilines is 1. The van der Waals surface area contributed by atoms with E-state index in [-0.39, 0.29) is 24.5 Å². The summed E-state index contributed by atoms with van der Waals surface area (Å²) in [5.74, 6) is -0.297. The van der Waals surface area contributed by atoms with Crippen molar-refractivity contribution in [3.8, 4) is 0 Å². The fraction of sp³-hybridized carbons (Fsp3) is 0.429. The predicted octanol–water partition coefficient (Wildman–Crippen LogP) is 1.54. The number of nitrogens with one attached hydrogen (secondary N) is 2. The van der Waals surface area contributed by atoms with Crippen molar-refractivity contribution in [2.75, 3.05) is 11.9 Å². The van der Waals surface area contributed by atoms with Crippen LogP contribution in [0.1, 0.15) is 37.0 Å². The van der Waals surface area contributed by atoms with Crippen LogP contribution in [0.3, 0.4) is 0 Å². The van der Waals surface area contributed by atoms with Gasteiger partial charge in [0.25, 0.3) is 5.91 Å². The molecule has 0 aromatic heterocycles. The van der Waals surface area contributed by atoms with Gasteiger partial charge in [-0.2, -0.15) is 0 Å². The molecule has 2 amide bonds. The molecule has 1 unspecified atom stereocenters. The highest BCUT2D eigenvalue weighted by molar-refractivity contribution is 5.95. The molecule has 3 N–H and O–H groups in total. The fourth-order valence-corrected chi connectivity index (χ4v) is 1.68. The smallest absolute Gasteiger partial charge is 0.251 e. The van der Waals surface area contributed by atoms with Gasteiger partial charge in [0.05, 0.1) is 0 Å². The number of hydrogen-bond acceptors (Lipinski definition) is 3. The number of carbonyl (C=O) groups excluding carboxylic acids is 2. The van der Waals surface area contributed by atoms with Gasteiger partial charge in [-0.05, 0) is 44.0 Å². The van der Waals surface area contributed by atoms with Crippen molar-refractivity contribution in [1.82, 2.24) is 5.32 Å². The van der Waals surface area contributed by atoms with Crippen molar-refractivity contribution < 1.29 is 14.7 Å². The van der Waals surface area contributed by atoms with Crippen LogP contribution in [-0.4, -0.2) is 29.6 Å². The van der Waals surface area contributed by atoms with Gasteiger partial charge in [0.1, 0.15) is 0 Å². The molecule has 5 heteroatoms. The molecule has 0 bridgehead atoms. The number of carbonyl (C=O) groups is 2. The Labute approximate surface area is 113 Å². The molecular weight excluding hydrogens is 244 g/mol. The van der Waals surface area contributed by atoms with E-state index in [1.165, 1.54) is 6.92 Å². The predicted molar refractivity (Wildman–Crippen MR) is 74.0 cm³/mol. The Hall–Kier alpha value is -1.88. The number of hydrogen-bond donors (Lipinski definition) is 3. The number of aliphatic hydroxyl groups is 1. The van der Waals surface area contributed by atoms with Gasteiger partial charge in [-0.15, -0.1) is 0 Å². The van der Waals surface area contributed by atoms with Crippen LogP contribution >= 0.6 is 0 Å². The molecular formula is C14H20N2O3. The Kier molecular flexibility index (Phi) is 6.02. The molecule has 0 aliphatic heterocycles. The summed E-state index contributed by atoms with van der Waals surface area (Å²) in [6, 6.07) is 6.73. The van der Waals surface area contributed by atoms with Crippen LogP contribution in [0.5, 0.6) is 0 Å². The molecule has 1 rings (SSSR count). The maximum absolute atomic E-state index is 11.9. The van der Waals surface area contributed by atoms with E-state index in [0.29, 0.717) is 17.7 Å². The zero-order valence-electron chi connectivity index (χ0n) is 11.3. The highest BCUT2D eigenvalue weighted by Gasteiger charge is 2.09. The molecule has 0 aliphatic rings. The SMILES string of the molecule is CC(=O)Nc1ccc(C(=O)NC(C)CCCO)cc1. The highest BCUT2D eigenvalue weighted by Crippen LogP contribution is 2.10. The van der Waals surface area contributed by atoms with Gasteiger partial charge in [-0.3, -0.25) is 9.59 Å². The van der Waals surface area contributed by atoms with E-state index in [9.17, 15) is 9.59 Å². The topological polar surface area (TPSA) is 78.4 Å². The van der Waals surface area contributed by atoms with Crippen molar-refractivity contribution in [1.29, 1.82) is 0 Å². The number of amides is 2. The van der Waals surface area contributed by atoms with Crippen LogP contribution < -0.4 is 10.6 Å². The zero-order valence-corrected chi connectivity index (χ0v) is 11.3. The van der Waals surface area contributed by atoms with E-state index in [2.05, 4.69) is 10.6 Å². The van der Waals surface area contributed by atoms with Gasteiger partial charge < -0.3 is 15.7 Å². The number of rotatable bonds is 6. The fourth-order valence-electron chi connectivity index (χ4n) is 1.68. The molecule has 0 heterocycles. The molecule has 0 fully saturated rings. The Balaban J connectivity index is 2.55. The largest absolute Gasteiger partial charge is 0.396 e. The lowest BCUT2D eigenvalue weighted by atomic mass is 10.1. The van der Waals surface area contributed by atoms with E-state index in [4.69, 9.17) is 5.11 Å². The Morgan fingerprint density at radius 2 is 1.89 bits per heavy atom. The van der Waals surface area contributed by atoms with Gasteiger partial charge in [0.15, 0.2) is 0 Å². The van der Waals surface area contributed by atoms with Crippen LogP contribution in [0.15, 0.2) is 24.3 Å². The summed E-state index contributed by atoms with van der Waals surface area (Å²) in [4.78, 5) is 22.8. The summed E-state index contributed by atoms with van der Waals surface area (Å²) in [7, 11) is 0. The molecule has 104 valence electrons. The van der Waals surface area contributed by atoms with Gasteiger partial charge in [0, 0.05) is 30.8 Å². The van der Waals surface area contributed by atoms with Crippen molar-refractivity contribution >= 4 is 17.5 Å². The second kappa shape index (κ2) is 7.53. The van der Waals surface area contributed by atoms with E-state index in [1.807, 2.05) is 6.92 Å². The van der Waals surface area contributed by atoms with E-state index in [0.717, 1.165) is 6.42 Å². The number of aliphatic hydroxyl groups excluding tert-OH is 1. The van der Waals surface area contributed by atoms with Crippen LogP contribution in [0.2, 0.25) is 0 Å². The molecule has 0 saturated heterocycles. The molecule has 0 saturated carbocycles. The molecule has 19 heavy (non-hydrogen) atoms. The lowest BCUT2D eigenvalue weighted by Gasteiger charge is -2.13. The second-order valence-electron chi connectivity index (χ2n) is 4.50. The lowest BCUT2D eigenvalue weighted by Crippen LogP contribution is -2.32. The van der Waals surface area contributed by atoms with E-state index >= 15 is 0 Å². The van der Waals surface area contributed by atoms with Crippen LogP contribution in [0.25, 0.3) is 0 Å². The number of benzene rings is 1. The lowest BCUT2D eigenvalue weighted by molar-refractivity contribution is -0.114. The summed E-state index contributed by atoms with van der Waals surface area (Å²) in [6.45, 7) is 3.47. The van der Waals surface area contributed by atoms with Gasteiger partial charge in [-0.25, -0.2) is 0 Å². The molecule has 1 aromatic rings. The summed E-state index contributed by atoms with van der Waals surface area (Å²) >= 11 is 0. The average Bonchev–Trinajstić information content (AvgIpc) is 2.36. The monoisotopic (exact) mass is 264 g/mol. The quantitative estimate of drug-likeness (QED) is 0.729. The van der Waals surface area contributed by atoms with E-state index in [1.54, 1.807) is 24.3 Å². The Morgan fingerprint density at radius 1 is 1.26 bits per heavy atom. The third kappa shape index (κ3) is 5.52. The minimum Gasteiger partial charge on any atom is -0.396 e. The first-order valence-electron chi connectivity index (χ1n) is 6.32. The maximum Gasteiger partial charge on any atom is 0.251 e. The molecule has 5 nitrogen and oxygen atoms in total. The zero-order chi connectivity index (χ0) is 14.3. The van der Waals surface area contributed by atoms with Crippen molar-refractivity contribution in [2.45, 2.75) is 32.7 Å². The Morgan fingerprint density at radius 3 is 2.42 bits per heavy atom. The van der Waals surface area contributed by atoms with Crippen molar-refractivity contribution in [3.05, 3.63) is 29.8 Å². The first-order chi connectivity index (χ1) is 9.02. The van der Waals surface area contributed by atoms with Crippen LogP contribution in [0, 0.1) is 0 Å². The summed E-state index contributed by atoms with van der Waals surface area (Å²) in [5.41, 5.74) is 1.21. The molecule has 0 spiro atoms. The van der Waals surface area contributed by atoms with Crippen LogP contribution in [-0.2, 0) is 4.79 Å². The molecule has 1 atom stereocenters. The van der Waals surface area contributed by atoms with Gasteiger partial charge >= 0.3 is 0 Å². The first-order valence-corrected chi connectivity index (χ1v) is 6.32. The Bertz CT molecular complexity index is 429. The van der Waals surface area contributed by atoms with Crippen molar-refractivity contribution in [3.63, 3.8) is 0 Å². The normalized spacial score (nSPS) is 11.7. The standard InChI is InChI=1S/C14H20N2O3/c1-10(4-3-9-17)15-14(19)12-5-7-13(8-6-12)16-11(2)18/h5-8,10,17H,3-4,9H2,1-2H3,(H,15,19)(H,16,18). The minimum atomic E-state index is -0.153. The first kappa shape index (κ1) is 15.2. The molecule has 0 aliphatic carbocycles. The minimum absolute atomic E-state index is 0.0228. The summed E-state index contributed by atoms with van der Waals surface area (Å²) in [6.07, 6.45) is 1.41. The molecule has 1 aromatic carbocycles. The summed E-state index contributed by atoms with van der Waals surface area (Å²) in [5, 5.41) is 14.2. The van der Waals surface area contributed by atoms with Gasteiger partial charge in [0.2, 0.25) is 5.91 Å². The third-order valence-corrected chi connectivity index (χ3v) is 2.64. The van der Waals surface area contributed by atoms with Crippen LogP contribution in [0.4, 0.5) is 5.69 Å². The average molecular weight is 264 g/mol. The summed E-state index contributed by atoms with van der Waals surface area (Å²) < 4.78 is 0. The third-order valence-electron chi connectivity index (χ3n) is 2.64. The second-order valence-corrected chi connectivity index (χ2v) is 4.50.